The first kappa shape index (κ1) is 15.5. The van der Waals surface area contributed by atoms with E-state index in [9.17, 15) is 8.42 Å². The standard InChI is InChI=1S/C17H22N2O2S/c18-12-14-7-2-4-10-16(14)19-22(20,21)17-11-5-8-13-6-1-3-9-15(13)17/h1,3,5-6,8-9,11,14,16,19H,2,4,7,10,12,18H2. The van der Waals surface area contributed by atoms with Gasteiger partial charge in [0.2, 0.25) is 10.0 Å². The van der Waals surface area contributed by atoms with Gasteiger partial charge in [-0.05, 0) is 36.8 Å². The van der Waals surface area contributed by atoms with E-state index >= 15 is 0 Å². The summed E-state index contributed by atoms with van der Waals surface area (Å²) in [6, 6.07) is 12.9. The Morgan fingerprint density at radius 2 is 1.77 bits per heavy atom. The van der Waals surface area contributed by atoms with Gasteiger partial charge in [0.05, 0.1) is 4.90 Å². The van der Waals surface area contributed by atoms with E-state index in [0.717, 1.165) is 36.5 Å². The molecule has 118 valence electrons. The number of hydrogen-bond acceptors (Lipinski definition) is 3. The van der Waals surface area contributed by atoms with Crippen molar-refractivity contribution >= 4 is 20.8 Å². The molecule has 0 aliphatic heterocycles. The van der Waals surface area contributed by atoms with Crippen LogP contribution in [0.15, 0.2) is 47.4 Å². The Morgan fingerprint density at radius 3 is 2.59 bits per heavy atom. The number of benzene rings is 2. The average Bonchev–Trinajstić information content (AvgIpc) is 2.54. The minimum Gasteiger partial charge on any atom is -0.330 e. The van der Waals surface area contributed by atoms with Gasteiger partial charge >= 0.3 is 0 Å². The van der Waals surface area contributed by atoms with E-state index < -0.39 is 10.0 Å². The van der Waals surface area contributed by atoms with E-state index in [0.29, 0.717) is 11.4 Å². The average molecular weight is 318 g/mol. The Morgan fingerprint density at radius 1 is 1.05 bits per heavy atom. The molecule has 0 heterocycles. The lowest BCUT2D eigenvalue weighted by molar-refractivity contribution is 0.296. The Balaban J connectivity index is 1.95. The predicted molar refractivity (Wildman–Crippen MR) is 89.1 cm³/mol. The summed E-state index contributed by atoms with van der Waals surface area (Å²) < 4.78 is 28.5. The third-order valence-electron chi connectivity index (χ3n) is 4.56. The van der Waals surface area contributed by atoms with Crippen LogP contribution in [0.5, 0.6) is 0 Å². The zero-order chi connectivity index (χ0) is 15.6. The fourth-order valence-electron chi connectivity index (χ4n) is 3.34. The molecule has 1 fully saturated rings. The monoisotopic (exact) mass is 318 g/mol. The van der Waals surface area contributed by atoms with Crippen LogP contribution < -0.4 is 10.5 Å². The maximum Gasteiger partial charge on any atom is 0.241 e. The molecule has 2 aromatic carbocycles. The van der Waals surface area contributed by atoms with Crippen molar-refractivity contribution in [3.8, 4) is 0 Å². The lowest BCUT2D eigenvalue weighted by atomic mass is 9.85. The maximum absolute atomic E-state index is 12.8. The second kappa shape index (κ2) is 6.36. The first-order chi connectivity index (χ1) is 10.6. The molecule has 0 bridgehead atoms. The number of fused-ring (bicyclic) bond motifs is 1. The highest BCUT2D eigenvalue weighted by atomic mass is 32.2. The Kier molecular flexibility index (Phi) is 4.47. The normalized spacial score (nSPS) is 22.8. The number of rotatable bonds is 4. The lowest BCUT2D eigenvalue weighted by Gasteiger charge is -2.31. The summed E-state index contributed by atoms with van der Waals surface area (Å²) in [6.45, 7) is 0.530. The van der Waals surface area contributed by atoms with E-state index in [4.69, 9.17) is 5.73 Å². The van der Waals surface area contributed by atoms with E-state index in [2.05, 4.69) is 4.72 Å². The number of nitrogens with one attached hydrogen (secondary N) is 1. The van der Waals surface area contributed by atoms with Crippen LogP contribution in [0.25, 0.3) is 10.8 Å². The number of nitrogens with two attached hydrogens (primary N) is 1. The van der Waals surface area contributed by atoms with Crippen LogP contribution in [0.4, 0.5) is 0 Å². The first-order valence-corrected chi connectivity index (χ1v) is 9.30. The SMILES string of the molecule is NCC1CCCCC1NS(=O)(=O)c1cccc2ccccc12. The van der Waals surface area contributed by atoms with Gasteiger partial charge in [0.15, 0.2) is 0 Å². The molecule has 2 unspecified atom stereocenters. The molecular formula is C17H22N2O2S. The Labute approximate surface area is 131 Å². The van der Waals surface area contributed by atoms with Gasteiger partial charge in [-0.25, -0.2) is 13.1 Å². The summed E-state index contributed by atoms with van der Waals surface area (Å²) in [6.07, 6.45) is 4.05. The zero-order valence-corrected chi connectivity index (χ0v) is 13.4. The van der Waals surface area contributed by atoms with Gasteiger partial charge in [-0.2, -0.15) is 0 Å². The third kappa shape index (κ3) is 3.02. The van der Waals surface area contributed by atoms with Crippen molar-refractivity contribution in [1.82, 2.24) is 4.72 Å². The van der Waals surface area contributed by atoms with Gasteiger partial charge in [-0.15, -0.1) is 0 Å². The molecule has 0 saturated heterocycles. The Hall–Kier alpha value is -1.43. The second-order valence-electron chi connectivity index (χ2n) is 5.99. The van der Waals surface area contributed by atoms with Crippen LogP contribution in [0.2, 0.25) is 0 Å². The Bertz CT molecular complexity index is 753. The predicted octanol–water partition coefficient (Wildman–Crippen LogP) is 2.64. The van der Waals surface area contributed by atoms with Gasteiger partial charge in [-0.1, -0.05) is 49.2 Å². The van der Waals surface area contributed by atoms with Crippen molar-refractivity contribution in [3.05, 3.63) is 42.5 Å². The van der Waals surface area contributed by atoms with E-state index in [1.54, 1.807) is 12.1 Å². The molecule has 3 rings (SSSR count). The van der Waals surface area contributed by atoms with Gasteiger partial charge in [0.25, 0.3) is 0 Å². The van der Waals surface area contributed by atoms with Crippen molar-refractivity contribution < 1.29 is 8.42 Å². The van der Waals surface area contributed by atoms with E-state index in [1.807, 2.05) is 30.3 Å². The van der Waals surface area contributed by atoms with Crippen molar-refractivity contribution in [2.75, 3.05) is 6.54 Å². The van der Waals surface area contributed by atoms with E-state index in [-0.39, 0.29) is 12.0 Å². The fourth-order valence-corrected chi connectivity index (χ4v) is 4.91. The second-order valence-corrected chi connectivity index (χ2v) is 7.67. The summed E-state index contributed by atoms with van der Waals surface area (Å²) in [7, 11) is -3.54. The molecule has 1 saturated carbocycles. The molecule has 0 spiro atoms. The van der Waals surface area contributed by atoms with Crippen LogP contribution in [0.1, 0.15) is 25.7 Å². The molecule has 0 amide bonds. The largest absolute Gasteiger partial charge is 0.330 e. The van der Waals surface area contributed by atoms with Crippen molar-refractivity contribution in [2.45, 2.75) is 36.6 Å². The molecular weight excluding hydrogens is 296 g/mol. The highest BCUT2D eigenvalue weighted by Gasteiger charge is 2.29. The highest BCUT2D eigenvalue weighted by molar-refractivity contribution is 7.89. The van der Waals surface area contributed by atoms with Crippen LogP contribution in [-0.2, 0) is 10.0 Å². The summed E-state index contributed by atoms with van der Waals surface area (Å²) in [5.41, 5.74) is 5.81. The summed E-state index contributed by atoms with van der Waals surface area (Å²) in [5.74, 6) is 0.235. The first-order valence-electron chi connectivity index (χ1n) is 7.82. The molecule has 1 aliphatic carbocycles. The quantitative estimate of drug-likeness (QED) is 0.910. The summed E-state index contributed by atoms with van der Waals surface area (Å²) in [4.78, 5) is 0.354. The molecule has 0 radical (unpaired) electrons. The molecule has 2 aromatic rings. The summed E-state index contributed by atoms with van der Waals surface area (Å²) in [5, 5.41) is 1.70. The van der Waals surface area contributed by atoms with Crippen LogP contribution in [-0.4, -0.2) is 21.0 Å². The van der Waals surface area contributed by atoms with Gasteiger partial charge in [0, 0.05) is 11.4 Å². The van der Waals surface area contributed by atoms with Crippen molar-refractivity contribution in [3.63, 3.8) is 0 Å². The smallest absolute Gasteiger partial charge is 0.241 e. The van der Waals surface area contributed by atoms with Crippen LogP contribution >= 0.6 is 0 Å². The molecule has 22 heavy (non-hydrogen) atoms. The topological polar surface area (TPSA) is 72.2 Å². The minimum absolute atomic E-state index is 0.0530. The summed E-state index contributed by atoms with van der Waals surface area (Å²) >= 11 is 0. The zero-order valence-electron chi connectivity index (χ0n) is 12.5. The van der Waals surface area contributed by atoms with Crippen LogP contribution in [0.3, 0.4) is 0 Å². The van der Waals surface area contributed by atoms with Gasteiger partial charge < -0.3 is 5.73 Å². The maximum atomic E-state index is 12.8. The van der Waals surface area contributed by atoms with Crippen LogP contribution in [0, 0.1) is 5.92 Å². The van der Waals surface area contributed by atoms with Gasteiger partial charge in [-0.3, -0.25) is 0 Å². The highest BCUT2D eigenvalue weighted by Crippen LogP contribution is 2.27. The fraction of sp³-hybridized carbons (Fsp3) is 0.412. The third-order valence-corrected chi connectivity index (χ3v) is 6.11. The van der Waals surface area contributed by atoms with Crippen molar-refractivity contribution in [2.24, 2.45) is 11.7 Å². The molecule has 3 N–H and O–H groups in total. The van der Waals surface area contributed by atoms with E-state index in [1.165, 1.54) is 0 Å². The number of sulfonamides is 1. The molecule has 1 aliphatic rings. The molecule has 5 heteroatoms. The lowest BCUT2D eigenvalue weighted by Crippen LogP contribution is -2.44. The van der Waals surface area contributed by atoms with Gasteiger partial charge in [0.1, 0.15) is 0 Å². The molecule has 0 aromatic heterocycles. The molecule has 2 atom stereocenters. The molecule has 4 nitrogen and oxygen atoms in total. The number of hydrogen-bond donors (Lipinski definition) is 2. The van der Waals surface area contributed by atoms with Crippen molar-refractivity contribution in [1.29, 1.82) is 0 Å². The minimum atomic E-state index is -3.54.